The van der Waals surface area contributed by atoms with E-state index < -0.39 is 0 Å². The first kappa shape index (κ1) is 18.8. The molecule has 3 heterocycles. The van der Waals surface area contributed by atoms with Gasteiger partial charge in [0.25, 0.3) is 0 Å². The molecule has 2 aromatic carbocycles. The molecule has 1 atom stereocenters. The number of nitrogens with zero attached hydrogens (tertiary/aromatic N) is 4. The van der Waals surface area contributed by atoms with Gasteiger partial charge in [-0.15, -0.1) is 0 Å². The molecule has 5 aromatic rings. The third kappa shape index (κ3) is 2.95. The fourth-order valence-electron chi connectivity index (χ4n) is 4.12. The molecular weight excluding hydrogens is 438 g/mol. The first-order valence-corrected chi connectivity index (χ1v) is 10.5. The highest BCUT2D eigenvalue weighted by atomic mass is 79.9. The molecule has 148 valence electrons. The van der Waals surface area contributed by atoms with Gasteiger partial charge in [-0.1, -0.05) is 59.3 Å². The van der Waals surface area contributed by atoms with E-state index in [0.29, 0.717) is 11.5 Å². The minimum atomic E-state index is 0.0767. The number of aromatic nitrogens is 4. The van der Waals surface area contributed by atoms with Crippen LogP contribution in [0.15, 0.2) is 71.5 Å². The van der Waals surface area contributed by atoms with Crippen molar-refractivity contribution in [1.82, 2.24) is 19.5 Å². The second-order valence-electron chi connectivity index (χ2n) is 7.44. The quantitative estimate of drug-likeness (QED) is 0.378. The summed E-state index contributed by atoms with van der Waals surface area (Å²) in [7, 11) is 2.06. The Morgan fingerprint density at radius 1 is 0.967 bits per heavy atom. The highest BCUT2D eigenvalue weighted by molar-refractivity contribution is 9.10. The Bertz CT molecular complexity index is 1410. The predicted octanol–water partition coefficient (Wildman–Crippen LogP) is 5.68. The third-order valence-electron chi connectivity index (χ3n) is 5.72. The van der Waals surface area contributed by atoms with Crippen LogP contribution in [0, 0.1) is 0 Å². The van der Waals surface area contributed by atoms with Crippen molar-refractivity contribution in [3.8, 4) is 11.4 Å². The van der Waals surface area contributed by atoms with Crippen molar-refractivity contribution in [2.75, 3.05) is 5.73 Å². The highest BCUT2D eigenvalue weighted by Crippen LogP contribution is 2.37. The summed E-state index contributed by atoms with van der Waals surface area (Å²) in [6, 6.07) is 20.9. The van der Waals surface area contributed by atoms with Crippen LogP contribution in [0.2, 0.25) is 0 Å². The Morgan fingerprint density at radius 3 is 2.53 bits per heavy atom. The van der Waals surface area contributed by atoms with Crippen LogP contribution in [-0.4, -0.2) is 19.5 Å². The van der Waals surface area contributed by atoms with E-state index in [9.17, 15) is 0 Å². The van der Waals surface area contributed by atoms with Gasteiger partial charge in [0, 0.05) is 28.3 Å². The van der Waals surface area contributed by atoms with Gasteiger partial charge in [-0.25, -0.2) is 15.0 Å². The van der Waals surface area contributed by atoms with Gasteiger partial charge in [0.05, 0.1) is 16.8 Å². The molecule has 0 spiro atoms. The van der Waals surface area contributed by atoms with E-state index >= 15 is 0 Å². The Kier molecular flexibility index (Phi) is 4.51. The number of halogens is 1. The Morgan fingerprint density at radius 2 is 1.73 bits per heavy atom. The Hall–Kier alpha value is -3.25. The monoisotopic (exact) mass is 457 g/mol. The van der Waals surface area contributed by atoms with E-state index in [1.807, 2.05) is 24.3 Å². The van der Waals surface area contributed by atoms with Gasteiger partial charge in [-0.2, -0.15) is 0 Å². The first-order valence-electron chi connectivity index (χ1n) is 9.75. The lowest BCUT2D eigenvalue weighted by Gasteiger charge is -2.18. The molecule has 0 amide bonds. The van der Waals surface area contributed by atoms with Crippen molar-refractivity contribution < 1.29 is 0 Å². The lowest BCUT2D eigenvalue weighted by atomic mass is 9.90. The van der Waals surface area contributed by atoms with Gasteiger partial charge < -0.3 is 10.3 Å². The van der Waals surface area contributed by atoms with E-state index in [0.717, 1.165) is 32.3 Å². The van der Waals surface area contributed by atoms with Crippen LogP contribution in [0.25, 0.3) is 33.3 Å². The second-order valence-corrected chi connectivity index (χ2v) is 8.30. The SMILES string of the molecule is C[C@H](c1ccccc1Br)c1cc(-c2cc3ccccc3n2C)nc2ncnc(N)c12. The van der Waals surface area contributed by atoms with Gasteiger partial charge in [0.15, 0.2) is 5.65 Å². The fraction of sp³-hybridized carbons (Fsp3) is 0.125. The summed E-state index contributed by atoms with van der Waals surface area (Å²) in [6.07, 6.45) is 1.48. The number of hydrogen-bond donors (Lipinski definition) is 1. The summed E-state index contributed by atoms with van der Waals surface area (Å²) in [5, 5.41) is 1.99. The predicted molar refractivity (Wildman–Crippen MR) is 125 cm³/mol. The molecule has 0 aliphatic carbocycles. The molecule has 2 N–H and O–H groups in total. The van der Waals surface area contributed by atoms with Crippen molar-refractivity contribution in [3.63, 3.8) is 0 Å². The summed E-state index contributed by atoms with van der Waals surface area (Å²) in [6.45, 7) is 2.17. The van der Waals surface area contributed by atoms with Gasteiger partial charge in [-0.05, 0) is 35.4 Å². The van der Waals surface area contributed by atoms with Crippen molar-refractivity contribution in [1.29, 1.82) is 0 Å². The fourth-order valence-corrected chi connectivity index (χ4v) is 4.75. The van der Waals surface area contributed by atoms with E-state index in [-0.39, 0.29) is 5.92 Å². The molecule has 30 heavy (non-hydrogen) atoms. The van der Waals surface area contributed by atoms with Crippen LogP contribution in [0.4, 0.5) is 5.82 Å². The second kappa shape index (κ2) is 7.22. The topological polar surface area (TPSA) is 69.6 Å². The van der Waals surface area contributed by atoms with Crippen LogP contribution in [0.5, 0.6) is 0 Å². The van der Waals surface area contributed by atoms with Crippen LogP contribution in [0.1, 0.15) is 24.0 Å². The number of nitrogen functional groups attached to an aromatic ring is 1. The molecular formula is C24H20BrN5. The summed E-state index contributed by atoms with van der Waals surface area (Å²) in [4.78, 5) is 13.5. The molecule has 5 rings (SSSR count). The number of fused-ring (bicyclic) bond motifs is 2. The van der Waals surface area contributed by atoms with Crippen LogP contribution < -0.4 is 5.73 Å². The summed E-state index contributed by atoms with van der Waals surface area (Å²) in [5.41, 5.74) is 12.2. The molecule has 5 nitrogen and oxygen atoms in total. The maximum atomic E-state index is 6.28. The maximum absolute atomic E-state index is 6.28. The number of para-hydroxylation sites is 1. The third-order valence-corrected chi connectivity index (χ3v) is 6.44. The van der Waals surface area contributed by atoms with Crippen molar-refractivity contribution in [3.05, 3.63) is 82.6 Å². The molecule has 0 saturated heterocycles. The van der Waals surface area contributed by atoms with Gasteiger partial charge >= 0.3 is 0 Å². The van der Waals surface area contributed by atoms with E-state index in [1.54, 1.807) is 0 Å². The zero-order valence-corrected chi connectivity index (χ0v) is 18.3. The van der Waals surface area contributed by atoms with E-state index in [2.05, 4.69) is 80.8 Å². The highest BCUT2D eigenvalue weighted by Gasteiger charge is 2.20. The van der Waals surface area contributed by atoms with Crippen molar-refractivity contribution in [2.24, 2.45) is 7.05 Å². The number of nitrogens with two attached hydrogens (primary N) is 1. The zero-order chi connectivity index (χ0) is 20.8. The van der Waals surface area contributed by atoms with Gasteiger partial charge in [0.2, 0.25) is 0 Å². The maximum Gasteiger partial charge on any atom is 0.165 e. The van der Waals surface area contributed by atoms with Crippen molar-refractivity contribution in [2.45, 2.75) is 12.8 Å². The lowest BCUT2D eigenvalue weighted by Crippen LogP contribution is -2.05. The molecule has 0 bridgehead atoms. The molecule has 0 aliphatic heterocycles. The number of rotatable bonds is 3. The lowest BCUT2D eigenvalue weighted by molar-refractivity contribution is 0.918. The normalized spacial score (nSPS) is 12.5. The van der Waals surface area contributed by atoms with Gasteiger partial charge in [-0.3, -0.25) is 0 Å². The minimum absolute atomic E-state index is 0.0767. The summed E-state index contributed by atoms with van der Waals surface area (Å²) in [5.74, 6) is 0.526. The average Bonchev–Trinajstić information content (AvgIpc) is 3.10. The Labute approximate surface area is 182 Å². The summed E-state index contributed by atoms with van der Waals surface area (Å²) < 4.78 is 3.23. The average molecular weight is 458 g/mol. The molecule has 3 aromatic heterocycles. The van der Waals surface area contributed by atoms with Crippen LogP contribution in [-0.2, 0) is 7.05 Å². The smallest absolute Gasteiger partial charge is 0.165 e. The largest absolute Gasteiger partial charge is 0.383 e. The number of hydrogen-bond acceptors (Lipinski definition) is 4. The minimum Gasteiger partial charge on any atom is -0.383 e. The molecule has 0 fully saturated rings. The standard InChI is InChI=1S/C24H20BrN5/c1-14(16-8-4-5-9-18(16)25)17-12-19(29-24-22(17)23(26)27-13-28-24)21-11-15-7-3-6-10-20(15)30(21)2/h3-14H,1-2H3,(H2,26,27,28,29)/t14-/m1/s1. The number of pyridine rings is 1. The molecule has 6 heteroatoms. The van der Waals surface area contributed by atoms with E-state index in [1.165, 1.54) is 17.3 Å². The Balaban J connectivity index is 1.79. The zero-order valence-electron chi connectivity index (χ0n) is 16.7. The first-order chi connectivity index (χ1) is 14.5. The number of aryl methyl sites for hydroxylation is 1. The molecule has 0 saturated carbocycles. The van der Waals surface area contributed by atoms with Crippen molar-refractivity contribution >= 4 is 43.7 Å². The van der Waals surface area contributed by atoms with Crippen LogP contribution in [0.3, 0.4) is 0 Å². The van der Waals surface area contributed by atoms with Gasteiger partial charge in [0.1, 0.15) is 12.1 Å². The molecule has 0 radical (unpaired) electrons. The molecule has 0 unspecified atom stereocenters. The summed E-state index contributed by atoms with van der Waals surface area (Å²) >= 11 is 3.69. The number of benzene rings is 2. The van der Waals surface area contributed by atoms with E-state index in [4.69, 9.17) is 10.7 Å². The molecule has 0 aliphatic rings. The van der Waals surface area contributed by atoms with Crippen LogP contribution >= 0.6 is 15.9 Å². The number of anilines is 1.